The van der Waals surface area contributed by atoms with E-state index in [1.165, 1.54) is 7.11 Å². The van der Waals surface area contributed by atoms with Gasteiger partial charge in [0, 0.05) is 0 Å². The summed E-state index contributed by atoms with van der Waals surface area (Å²) in [7, 11) is 1.19. The van der Waals surface area contributed by atoms with Crippen molar-refractivity contribution in [3.8, 4) is 17.2 Å². The summed E-state index contributed by atoms with van der Waals surface area (Å²) in [5.41, 5.74) is -0.246. The monoisotopic (exact) mass is 254 g/mol. The van der Waals surface area contributed by atoms with Gasteiger partial charge in [-0.05, 0) is 6.07 Å². The molecule has 7 heteroatoms. The minimum Gasteiger partial charge on any atom is -0.504 e. The lowest BCUT2D eigenvalue weighted by Crippen LogP contribution is -2.11. The molecule has 0 saturated carbocycles. The van der Waals surface area contributed by atoms with Crippen molar-refractivity contribution in [3.63, 3.8) is 0 Å². The Morgan fingerprint density at radius 1 is 1.28 bits per heavy atom. The van der Waals surface area contributed by atoms with E-state index in [4.69, 9.17) is 14.6 Å². The molecule has 0 aliphatic heterocycles. The molecular formula is C11H10O7. The predicted molar refractivity (Wildman–Crippen MR) is 58.6 cm³/mol. The first-order valence-electron chi connectivity index (χ1n) is 4.74. The Kier molecular flexibility index (Phi) is 4.25. The molecule has 0 aromatic heterocycles. The molecule has 0 spiro atoms. The Labute approximate surface area is 102 Å². The van der Waals surface area contributed by atoms with Gasteiger partial charge in [0.2, 0.25) is 5.75 Å². The van der Waals surface area contributed by atoms with Gasteiger partial charge in [-0.15, -0.1) is 0 Å². The van der Waals surface area contributed by atoms with Gasteiger partial charge < -0.3 is 19.7 Å². The lowest BCUT2D eigenvalue weighted by molar-refractivity contribution is -0.139. The summed E-state index contributed by atoms with van der Waals surface area (Å²) in [5, 5.41) is 18.2. The summed E-state index contributed by atoms with van der Waals surface area (Å²) in [6, 6.07) is 1.08. The number of hydrogen-bond donors (Lipinski definition) is 2. The summed E-state index contributed by atoms with van der Waals surface area (Å²) in [4.78, 5) is 31.9. The number of aliphatic carboxylic acids is 1. The minimum atomic E-state index is -1.26. The number of rotatable bonds is 6. The molecule has 1 aromatic carbocycles. The van der Waals surface area contributed by atoms with Crippen LogP contribution in [0.5, 0.6) is 17.2 Å². The van der Waals surface area contributed by atoms with Crippen LogP contribution in [0.2, 0.25) is 0 Å². The van der Waals surface area contributed by atoms with Crippen LogP contribution >= 0.6 is 0 Å². The Hall–Kier alpha value is -2.57. The molecule has 1 aromatic rings. The van der Waals surface area contributed by atoms with Gasteiger partial charge in [-0.25, -0.2) is 4.79 Å². The number of benzene rings is 1. The summed E-state index contributed by atoms with van der Waals surface area (Å²) in [6.07, 6.45) is 0.706. The molecule has 0 atom stereocenters. The van der Waals surface area contributed by atoms with E-state index < -0.39 is 18.3 Å². The van der Waals surface area contributed by atoms with Crippen molar-refractivity contribution >= 4 is 18.5 Å². The molecule has 0 unspecified atom stereocenters. The van der Waals surface area contributed by atoms with Gasteiger partial charge in [-0.1, -0.05) is 0 Å². The highest BCUT2D eigenvalue weighted by Gasteiger charge is 2.20. The molecule has 96 valence electrons. The second kappa shape index (κ2) is 5.67. The fourth-order valence-electron chi connectivity index (χ4n) is 1.32. The number of phenols is 1. The number of carbonyl (C=O) groups is 3. The second-order valence-corrected chi connectivity index (χ2v) is 3.18. The van der Waals surface area contributed by atoms with Gasteiger partial charge in [0.1, 0.15) is 0 Å². The van der Waals surface area contributed by atoms with Crippen LogP contribution in [0.1, 0.15) is 20.7 Å². The first-order chi connectivity index (χ1) is 8.54. The van der Waals surface area contributed by atoms with E-state index in [1.807, 2.05) is 0 Å². The average molecular weight is 254 g/mol. The van der Waals surface area contributed by atoms with E-state index >= 15 is 0 Å². The van der Waals surface area contributed by atoms with Gasteiger partial charge in [-0.2, -0.15) is 0 Å². The quantitative estimate of drug-likeness (QED) is 0.710. The number of carboxylic acids is 1. The summed E-state index contributed by atoms with van der Waals surface area (Å²) in [5.74, 6) is -2.26. The number of hydrogen-bond acceptors (Lipinski definition) is 6. The average Bonchev–Trinajstić information content (AvgIpc) is 2.36. The number of aromatic hydroxyl groups is 1. The van der Waals surface area contributed by atoms with Gasteiger partial charge in [0.25, 0.3) is 0 Å². The molecular weight excluding hydrogens is 244 g/mol. The van der Waals surface area contributed by atoms with Crippen LogP contribution in [-0.2, 0) is 4.79 Å². The molecule has 0 heterocycles. The normalized spacial score (nSPS) is 9.61. The van der Waals surface area contributed by atoms with Crippen LogP contribution in [0, 0.1) is 0 Å². The minimum absolute atomic E-state index is 0.0898. The molecule has 0 fully saturated rings. The van der Waals surface area contributed by atoms with E-state index in [0.717, 1.165) is 6.07 Å². The van der Waals surface area contributed by atoms with Crippen LogP contribution in [-0.4, -0.2) is 42.5 Å². The van der Waals surface area contributed by atoms with Crippen molar-refractivity contribution in [3.05, 3.63) is 17.2 Å². The first kappa shape index (κ1) is 13.5. The number of ether oxygens (including phenoxy) is 2. The lowest BCUT2D eigenvalue weighted by atomic mass is 10.1. The summed E-state index contributed by atoms with van der Waals surface area (Å²) < 4.78 is 9.67. The molecule has 0 saturated heterocycles. The third-order valence-corrected chi connectivity index (χ3v) is 2.07. The molecule has 0 aliphatic rings. The van der Waals surface area contributed by atoms with Crippen molar-refractivity contribution in [2.75, 3.05) is 13.7 Å². The SMILES string of the molecule is COc1c(O)c(C=O)cc(C=O)c1OCC(=O)O. The maximum absolute atomic E-state index is 10.8. The van der Waals surface area contributed by atoms with Gasteiger partial charge in [0.15, 0.2) is 30.7 Å². The van der Waals surface area contributed by atoms with Crippen molar-refractivity contribution in [1.29, 1.82) is 0 Å². The lowest BCUT2D eigenvalue weighted by Gasteiger charge is -2.13. The summed E-state index contributed by atoms with van der Waals surface area (Å²) in [6.45, 7) is -0.711. The number of carboxylic acid groups (broad SMARTS) is 1. The number of carbonyl (C=O) groups excluding carboxylic acids is 2. The second-order valence-electron chi connectivity index (χ2n) is 3.18. The number of methoxy groups -OCH3 is 1. The third kappa shape index (κ3) is 2.57. The van der Waals surface area contributed by atoms with Crippen LogP contribution in [0.4, 0.5) is 0 Å². The Morgan fingerprint density at radius 3 is 2.33 bits per heavy atom. The van der Waals surface area contributed by atoms with E-state index in [9.17, 15) is 19.5 Å². The molecule has 7 nitrogen and oxygen atoms in total. The standard InChI is InChI=1S/C11H10O7/c1-17-11-9(16)6(3-12)2-7(4-13)10(11)18-5-8(14)15/h2-4,16H,5H2,1H3,(H,14,15). The van der Waals surface area contributed by atoms with E-state index in [1.54, 1.807) is 0 Å². The first-order valence-corrected chi connectivity index (χ1v) is 4.74. The molecule has 1 rings (SSSR count). The van der Waals surface area contributed by atoms with E-state index in [2.05, 4.69) is 0 Å². The molecule has 0 aliphatic carbocycles. The van der Waals surface area contributed by atoms with Crippen molar-refractivity contribution in [1.82, 2.24) is 0 Å². The molecule has 0 amide bonds. The molecule has 0 radical (unpaired) electrons. The zero-order valence-corrected chi connectivity index (χ0v) is 9.37. The van der Waals surface area contributed by atoms with Crippen LogP contribution in [0.3, 0.4) is 0 Å². The number of aldehydes is 2. The fourth-order valence-corrected chi connectivity index (χ4v) is 1.32. The summed E-state index contributed by atoms with van der Waals surface area (Å²) >= 11 is 0. The highest BCUT2D eigenvalue weighted by Crippen LogP contribution is 2.40. The predicted octanol–water partition coefficient (Wildman–Crippen LogP) is 0.489. The zero-order chi connectivity index (χ0) is 13.7. The van der Waals surface area contributed by atoms with Crippen LogP contribution < -0.4 is 9.47 Å². The third-order valence-electron chi connectivity index (χ3n) is 2.07. The maximum Gasteiger partial charge on any atom is 0.341 e. The topological polar surface area (TPSA) is 110 Å². The fraction of sp³-hybridized carbons (Fsp3) is 0.182. The maximum atomic E-state index is 10.8. The molecule has 18 heavy (non-hydrogen) atoms. The Balaban J connectivity index is 3.36. The van der Waals surface area contributed by atoms with Crippen LogP contribution in [0.15, 0.2) is 6.07 Å². The highest BCUT2D eigenvalue weighted by molar-refractivity contribution is 5.90. The van der Waals surface area contributed by atoms with E-state index in [0.29, 0.717) is 12.6 Å². The smallest absolute Gasteiger partial charge is 0.341 e. The Morgan fingerprint density at radius 2 is 1.89 bits per heavy atom. The highest BCUT2D eigenvalue weighted by atomic mass is 16.5. The van der Waals surface area contributed by atoms with Crippen molar-refractivity contribution < 1.29 is 34.1 Å². The van der Waals surface area contributed by atoms with E-state index in [-0.39, 0.29) is 22.6 Å². The van der Waals surface area contributed by atoms with Crippen LogP contribution in [0.25, 0.3) is 0 Å². The Bertz CT molecular complexity index is 493. The van der Waals surface area contributed by atoms with Gasteiger partial charge in [-0.3, -0.25) is 9.59 Å². The van der Waals surface area contributed by atoms with Crippen molar-refractivity contribution in [2.24, 2.45) is 0 Å². The molecule has 2 N–H and O–H groups in total. The van der Waals surface area contributed by atoms with Gasteiger partial charge >= 0.3 is 5.97 Å². The zero-order valence-electron chi connectivity index (χ0n) is 9.37. The number of phenolic OH excluding ortho intramolecular Hbond substituents is 1. The van der Waals surface area contributed by atoms with Crippen molar-refractivity contribution in [2.45, 2.75) is 0 Å². The molecule has 0 bridgehead atoms. The van der Waals surface area contributed by atoms with Gasteiger partial charge in [0.05, 0.1) is 18.2 Å². The largest absolute Gasteiger partial charge is 0.504 e.